The van der Waals surface area contributed by atoms with E-state index in [0.29, 0.717) is 0 Å². The number of para-hydroxylation sites is 1. The Hall–Kier alpha value is -1.93. The molecule has 0 radical (unpaired) electrons. The molecule has 0 N–H and O–H groups in total. The molecule has 0 amide bonds. The zero-order valence-electron chi connectivity index (χ0n) is 10.6. The first-order valence-corrected chi connectivity index (χ1v) is 6.54. The number of fused-ring (bicyclic) bond motifs is 1. The van der Waals surface area contributed by atoms with Crippen LogP contribution in [0.3, 0.4) is 0 Å². The lowest BCUT2D eigenvalue weighted by atomic mass is 10.1. The monoisotopic (exact) mass is 271 g/mol. The summed E-state index contributed by atoms with van der Waals surface area (Å²) in [7, 11) is 1.67. The number of methoxy groups -OCH3 is 1. The minimum Gasteiger partial charge on any atom is -0.497 e. The molecule has 0 fully saturated rings. The summed E-state index contributed by atoms with van der Waals surface area (Å²) in [5.74, 6) is 0.857. The quantitative estimate of drug-likeness (QED) is 0.797. The molecule has 2 aromatic rings. The van der Waals surface area contributed by atoms with Gasteiger partial charge in [-0.2, -0.15) is 0 Å². The van der Waals surface area contributed by atoms with Crippen molar-refractivity contribution in [2.75, 3.05) is 18.6 Å². The van der Waals surface area contributed by atoms with Crippen LogP contribution in [-0.2, 0) is 0 Å². The first-order valence-electron chi connectivity index (χ1n) is 6.16. The zero-order chi connectivity index (χ0) is 13.2. The molecule has 0 saturated carbocycles. The van der Waals surface area contributed by atoms with Crippen LogP contribution in [-0.4, -0.2) is 13.7 Å². The largest absolute Gasteiger partial charge is 0.497 e. The maximum absolute atomic E-state index is 6.35. The summed E-state index contributed by atoms with van der Waals surface area (Å²) < 4.78 is 5.19. The van der Waals surface area contributed by atoms with E-state index < -0.39 is 0 Å². The Kier molecular flexibility index (Phi) is 3.18. The Morgan fingerprint density at radius 1 is 1.11 bits per heavy atom. The van der Waals surface area contributed by atoms with Crippen molar-refractivity contribution in [3.8, 4) is 5.75 Å². The van der Waals surface area contributed by atoms with Gasteiger partial charge in [0.25, 0.3) is 0 Å². The second kappa shape index (κ2) is 4.98. The van der Waals surface area contributed by atoms with Crippen LogP contribution in [0.2, 0.25) is 5.02 Å². The van der Waals surface area contributed by atoms with Crippen LogP contribution in [0.4, 0.5) is 11.4 Å². The van der Waals surface area contributed by atoms with Crippen molar-refractivity contribution in [1.29, 1.82) is 0 Å². The minimum absolute atomic E-state index is 0.776. The second-order valence-corrected chi connectivity index (χ2v) is 4.80. The van der Waals surface area contributed by atoms with E-state index >= 15 is 0 Å². The summed E-state index contributed by atoms with van der Waals surface area (Å²) in [4.78, 5) is 2.21. The molecule has 2 aromatic carbocycles. The Morgan fingerprint density at radius 2 is 1.89 bits per heavy atom. The van der Waals surface area contributed by atoms with Crippen molar-refractivity contribution in [1.82, 2.24) is 0 Å². The van der Waals surface area contributed by atoms with E-state index in [9.17, 15) is 0 Å². The third kappa shape index (κ3) is 2.20. The molecule has 0 unspecified atom stereocenters. The summed E-state index contributed by atoms with van der Waals surface area (Å²) in [5.41, 5.74) is 3.32. The fourth-order valence-electron chi connectivity index (χ4n) is 2.32. The smallest absolute Gasteiger partial charge is 0.119 e. The molecule has 0 spiro atoms. The molecular formula is C16H14ClNO. The van der Waals surface area contributed by atoms with Crippen molar-refractivity contribution in [3.63, 3.8) is 0 Å². The van der Waals surface area contributed by atoms with E-state index in [1.807, 2.05) is 36.4 Å². The van der Waals surface area contributed by atoms with Gasteiger partial charge in [0.1, 0.15) is 5.75 Å². The van der Waals surface area contributed by atoms with Gasteiger partial charge in [-0.1, -0.05) is 35.9 Å². The van der Waals surface area contributed by atoms with Gasteiger partial charge >= 0.3 is 0 Å². The van der Waals surface area contributed by atoms with E-state index in [0.717, 1.165) is 34.3 Å². The van der Waals surface area contributed by atoms with Crippen LogP contribution in [0.1, 0.15) is 5.56 Å². The molecule has 19 heavy (non-hydrogen) atoms. The molecule has 3 heteroatoms. The Morgan fingerprint density at radius 3 is 2.63 bits per heavy atom. The van der Waals surface area contributed by atoms with E-state index in [2.05, 4.69) is 23.1 Å². The highest BCUT2D eigenvalue weighted by molar-refractivity contribution is 6.33. The van der Waals surface area contributed by atoms with E-state index in [1.165, 1.54) is 0 Å². The number of anilines is 2. The molecule has 0 bridgehead atoms. The first kappa shape index (κ1) is 12.1. The average Bonchev–Trinajstić information content (AvgIpc) is 2.47. The van der Waals surface area contributed by atoms with Gasteiger partial charge in [0.2, 0.25) is 0 Å². The molecule has 1 aliphatic heterocycles. The maximum atomic E-state index is 6.35. The lowest BCUT2D eigenvalue weighted by Crippen LogP contribution is -2.20. The molecule has 96 valence electrons. The van der Waals surface area contributed by atoms with Gasteiger partial charge in [-0.25, -0.2) is 0 Å². The highest BCUT2D eigenvalue weighted by Gasteiger charge is 2.17. The standard InChI is InChI=1S/C16H14ClNO/c1-19-14-9-7-13(8-10-14)18-11-3-5-12-4-2-6-15(17)16(12)18/h2-10H,11H2,1H3. The van der Waals surface area contributed by atoms with Crippen LogP contribution in [0, 0.1) is 0 Å². The number of rotatable bonds is 2. The van der Waals surface area contributed by atoms with Gasteiger partial charge in [0, 0.05) is 12.2 Å². The molecule has 2 nitrogen and oxygen atoms in total. The van der Waals surface area contributed by atoms with E-state index in [1.54, 1.807) is 7.11 Å². The van der Waals surface area contributed by atoms with Gasteiger partial charge < -0.3 is 9.64 Å². The predicted molar refractivity (Wildman–Crippen MR) is 80.5 cm³/mol. The van der Waals surface area contributed by atoms with E-state index in [-0.39, 0.29) is 0 Å². The van der Waals surface area contributed by atoms with Crippen LogP contribution in [0.15, 0.2) is 48.5 Å². The predicted octanol–water partition coefficient (Wildman–Crippen LogP) is 4.51. The molecule has 1 aliphatic rings. The summed E-state index contributed by atoms with van der Waals surface area (Å²) >= 11 is 6.35. The highest BCUT2D eigenvalue weighted by Crippen LogP contribution is 2.38. The molecule has 0 atom stereocenters. The normalized spacial score (nSPS) is 13.3. The molecule has 0 aliphatic carbocycles. The van der Waals surface area contributed by atoms with Crippen LogP contribution < -0.4 is 9.64 Å². The number of benzene rings is 2. The number of halogens is 1. The zero-order valence-corrected chi connectivity index (χ0v) is 11.4. The van der Waals surface area contributed by atoms with Crippen molar-refractivity contribution < 1.29 is 4.74 Å². The van der Waals surface area contributed by atoms with Gasteiger partial charge in [0.05, 0.1) is 17.8 Å². The fourth-order valence-corrected chi connectivity index (χ4v) is 2.61. The summed E-state index contributed by atoms with van der Waals surface area (Å²) in [6, 6.07) is 14.0. The van der Waals surface area contributed by atoms with Gasteiger partial charge in [0.15, 0.2) is 0 Å². The molecule has 1 heterocycles. The summed E-state index contributed by atoms with van der Waals surface area (Å²) in [6.45, 7) is 0.822. The first-order chi connectivity index (χ1) is 9.29. The highest BCUT2D eigenvalue weighted by atomic mass is 35.5. The van der Waals surface area contributed by atoms with Crippen molar-refractivity contribution in [3.05, 3.63) is 59.1 Å². The van der Waals surface area contributed by atoms with Gasteiger partial charge in [-0.05, 0) is 35.9 Å². The van der Waals surface area contributed by atoms with Crippen molar-refractivity contribution >= 4 is 29.1 Å². The minimum atomic E-state index is 0.776. The third-order valence-electron chi connectivity index (χ3n) is 3.26. The lowest BCUT2D eigenvalue weighted by molar-refractivity contribution is 0.415. The van der Waals surface area contributed by atoms with Crippen molar-refractivity contribution in [2.24, 2.45) is 0 Å². The molecule has 0 saturated heterocycles. The Balaban J connectivity index is 2.05. The third-order valence-corrected chi connectivity index (χ3v) is 3.56. The van der Waals surface area contributed by atoms with Crippen LogP contribution in [0.5, 0.6) is 5.75 Å². The number of hydrogen-bond donors (Lipinski definition) is 0. The van der Waals surface area contributed by atoms with Crippen LogP contribution in [0.25, 0.3) is 6.08 Å². The maximum Gasteiger partial charge on any atom is 0.119 e. The summed E-state index contributed by atoms with van der Waals surface area (Å²) in [5, 5.41) is 0.776. The SMILES string of the molecule is COc1ccc(N2CC=Cc3cccc(Cl)c32)cc1. The molecule has 3 rings (SSSR count). The number of nitrogens with zero attached hydrogens (tertiary/aromatic N) is 1. The lowest BCUT2D eigenvalue weighted by Gasteiger charge is -2.29. The average molecular weight is 272 g/mol. The second-order valence-electron chi connectivity index (χ2n) is 4.39. The summed E-state index contributed by atoms with van der Waals surface area (Å²) in [6.07, 6.45) is 4.25. The van der Waals surface area contributed by atoms with Crippen LogP contribution >= 0.6 is 11.6 Å². The Bertz CT molecular complexity index is 619. The molecular weight excluding hydrogens is 258 g/mol. The van der Waals surface area contributed by atoms with Crippen molar-refractivity contribution in [2.45, 2.75) is 0 Å². The molecule has 0 aromatic heterocycles. The van der Waals surface area contributed by atoms with E-state index in [4.69, 9.17) is 16.3 Å². The number of ether oxygens (including phenoxy) is 1. The fraction of sp³-hybridized carbons (Fsp3) is 0.125. The Labute approximate surface area is 117 Å². The number of hydrogen-bond acceptors (Lipinski definition) is 2. The van der Waals surface area contributed by atoms with Gasteiger partial charge in [-0.3, -0.25) is 0 Å². The van der Waals surface area contributed by atoms with Gasteiger partial charge in [-0.15, -0.1) is 0 Å². The topological polar surface area (TPSA) is 12.5 Å².